The van der Waals surface area contributed by atoms with Gasteiger partial charge in [0.1, 0.15) is 0 Å². The lowest BCUT2D eigenvalue weighted by Gasteiger charge is -2.20. The zero-order valence-corrected chi connectivity index (χ0v) is 21.6. The highest BCUT2D eigenvalue weighted by atomic mass is 16.5. The Balaban J connectivity index is 3.28. The second kappa shape index (κ2) is 26.1. The van der Waals surface area contributed by atoms with Gasteiger partial charge < -0.3 is 18.9 Å². The van der Waals surface area contributed by atoms with Crippen LogP contribution in [0.2, 0.25) is 0 Å². The highest BCUT2D eigenvalue weighted by Gasteiger charge is 2.12. The van der Waals surface area contributed by atoms with Crippen molar-refractivity contribution in [1.82, 2.24) is 0 Å². The van der Waals surface area contributed by atoms with Crippen molar-refractivity contribution in [2.45, 2.75) is 136 Å². The van der Waals surface area contributed by atoms with Crippen LogP contribution in [0.1, 0.15) is 124 Å². The molecule has 0 aromatic heterocycles. The minimum absolute atomic E-state index is 0.205. The summed E-state index contributed by atoms with van der Waals surface area (Å²) in [5.41, 5.74) is 0. The van der Waals surface area contributed by atoms with Crippen LogP contribution in [-0.4, -0.2) is 52.4 Å². The zero-order valence-electron chi connectivity index (χ0n) is 21.6. The molecule has 4 heteroatoms. The number of unbranched alkanes of at least 4 members (excludes halogenated alkanes) is 13. The van der Waals surface area contributed by atoms with E-state index < -0.39 is 0 Å². The third kappa shape index (κ3) is 24.3. The summed E-state index contributed by atoms with van der Waals surface area (Å²) in [4.78, 5) is 0. The van der Waals surface area contributed by atoms with Crippen LogP contribution in [0.15, 0.2) is 0 Å². The Morgan fingerprint density at radius 1 is 0.548 bits per heavy atom. The number of rotatable bonds is 26. The Bertz CT molecular complexity index is 324. The normalized spacial score (nSPS) is 13.5. The Hall–Kier alpha value is -0.160. The molecule has 188 valence electrons. The molecule has 0 bridgehead atoms. The summed E-state index contributed by atoms with van der Waals surface area (Å²) in [6, 6.07) is 0. The summed E-state index contributed by atoms with van der Waals surface area (Å²) in [5.74, 6) is 0. The molecule has 0 aliphatic rings. The monoisotopic (exact) mass is 444 g/mol. The Kier molecular flexibility index (Phi) is 26.0. The summed E-state index contributed by atoms with van der Waals surface area (Å²) in [7, 11) is 1.70. The molecule has 2 atom stereocenters. The smallest absolute Gasteiger partial charge is 0.0704 e. The SMILES string of the molecule is CCCCCCCCCCCCCCCCOCCOC(CC)CC(C)OCCOC. The predicted molar refractivity (Wildman–Crippen MR) is 133 cm³/mol. The third-order valence-corrected chi connectivity index (χ3v) is 5.96. The van der Waals surface area contributed by atoms with Crippen molar-refractivity contribution in [1.29, 1.82) is 0 Å². The molecule has 0 amide bonds. The maximum absolute atomic E-state index is 5.96. The molecule has 0 rings (SSSR count). The molecule has 0 heterocycles. The first-order valence-electron chi connectivity index (χ1n) is 13.5. The molecule has 0 spiro atoms. The number of hydrogen-bond donors (Lipinski definition) is 0. The van der Waals surface area contributed by atoms with Gasteiger partial charge in [-0.25, -0.2) is 0 Å². The van der Waals surface area contributed by atoms with E-state index in [-0.39, 0.29) is 12.2 Å². The summed E-state index contributed by atoms with van der Waals surface area (Å²) < 4.78 is 22.4. The highest BCUT2D eigenvalue weighted by molar-refractivity contribution is 4.61. The number of hydrogen-bond acceptors (Lipinski definition) is 4. The van der Waals surface area contributed by atoms with Gasteiger partial charge in [0.25, 0.3) is 0 Å². The molecule has 0 saturated heterocycles. The molecule has 0 aromatic carbocycles. The van der Waals surface area contributed by atoms with Crippen molar-refractivity contribution in [3.8, 4) is 0 Å². The zero-order chi connectivity index (χ0) is 22.8. The van der Waals surface area contributed by atoms with Crippen LogP contribution in [-0.2, 0) is 18.9 Å². The van der Waals surface area contributed by atoms with Crippen LogP contribution >= 0.6 is 0 Å². The highest BCUT2D eigenvalue weighted by Crippen LogP contribution is 2.13. The van der Waals surface area contributed by atoms with Crippen molar-refractivity contribution < 1.29 is 18.9 Å². The van der Waals surface area contributed by atoms with Gasteiger partial charge in [-0.15, -0.1) is 0 Å². The topological polar surface area (TPSA) is 36.9 Å². The first-order valence-corrected chi connectivity index (χ1v) is 13.5. The van der Waals surface area contributed by atoms with Gasteiger partial charge in [-0.05, 0) is 26.2 Å². The number of methoxy groups -OCH3 is 1. The quantitative estimate of drug-likeness (QED) is 0.128. The molecule has 4 nitrogen and oxygen atoms in total. The lowest BCUT2D eigenvalue weighted by atomic mass is 10.0. The van der Waals surface area contributed by atoms with Crippen LogP contribution in [0.5, 0.6) is 0 Å². The van der Waals surface area contributed by atoms with E-state index >= 15 is 0 Å². The summed E-state index contributed by atoms with van der Waals surface area (Å²) >= 11 is 0. The van der Waals surface area contributed by atoms with Gasteiger partial charge in [-0.3, -0.25) is 0 Å². The first-order chi connectivity index (χ1) is 15.2. The third-order valence-electron chi connectivity index (χ3n) is 5.96. The Morgan fingerprint density at radius 2 is 1.06 bits per heavy atom. The fraction of sp³-hybridized carbons (Fsp3) is 1.00. The van der Waals surface area contributed by atoms with E-state index in [0.29, 0.717) is 26.4 Å². The first kappa shape index (κ1) is 30.8. The van der Waals surface area contributed by atoms with Crippen LogP contribution in [0, 0.1) is 0 Å². The second-order valence-corrected chi connectivity index (χ2v) is 9.02. The minimum Gasteiger partial charge on any atom is -0.382 e. The van der Waals surface area contributed by atoms with Crippen molar-refractivity contribution in [3.05, 3.63) is 0 Å². The van der Waals surface area contributed by atoms with E-state index in [1.165, 1.54) is 89.9 Å². The lowest BCUT2D eigenvalue weighted by molar-refractivity contribution is -0.0387. The summed E-state index contributed by atoms with van der Waals surface area (Å²) in [6.45, 7) is 10.1. The molecule has 31 heavy (non-hydrogen) atoms. The van der Waals surface area contributed by atoms with Crippen molar-refractivity contribution in [2.24, 2.45) is 0 Å². The van der Waals surface area contributed by atoms with Crippen molar-refractivity contribution in [3.63, 3.8) is 0 Å². The fourth-order valence-corrected chi connectivity index (χ4v) is 3.90. The van der Waals surface area contributed by atoms with Crippen molar-refractivity contribution >= 4 is 0 Å². The van der Waals surface area contributed by atoms with Crippen LogP contribution in [0.3, 0.4) is 0 Å². The average Bonchev–Trinajstić information content (AvgIpc) is 2.77. The summed E-state index contributed by atoms with van der Waals surface area (Å²) in [6.07, 6.45) is 21.9. The average molecular weight is 445 g/mol. The lowest BCUT2D eigenvalue weighted by Crippen LogP contribution is -2.23. The van der Waals surface area contributed by atoms with Gasteiger partial charge in [0.2, 0.25) is 0 Å². The molecule has 0 aliphatic heterocycles. The van der Waals surface area contributed by atoms with Gasteiger partial charge in [-0.2, -0.15) is 0 Å². The van der Waals surface area contributed by atoms with Gasteiger partial charge in [-0.1, -0.05) is 97.3 Å². The van der Waals surface area contributed by atoms with E-state index in [1.54, 1.807) is 7.11 Å². The van der Waals surface area contributed by atoms with E-state index in [1.807, 2.05) is 0 Å². The van der Waals surface area contributed by atoms with E-state index in [2.05, 4.69) is 20.8 Å². The molecule has 0 N–H and O–H groups in total. The van der Waals surface area contributed by atoms with Gasteiger partial charge >= 0.3 is 0 Å². The second-order valence-electron chi connectivity index (χ2n) is 9.02. The predicted octanol–water partition coefficient (Wildman–Crippen LogP) is 7.72. The molecule has 0 fully saturated rings. The van der Waals surface area contributed by atoms with Gasteiger partial charge in [0, 0.05) is 13.7 Å². The van der Waals surface area contributed by atoms with E-state index in [0.717, 1.165) is 19.4 Å². The fourth-order valence-electron chi connectivity index (χ4n) is 3.90. The van der Waals surface area contributed by atoms with Crippen molar-refractivity contribution in [2.75, 3.05) is 40.1 Å². The van der Waals surface area contributed by atoms with Gasteiger partial charge in [0.05, 0.1) is 38.6 Å². The van der Waals surface area contributed by atoms with E-state index in [9.17, 15) is 0 Å². The minimum atomic E-state index is 0.205. The maximum Gasteiger partial charge on any atom is 0.0704 e. The molecule has 0 aromatic rings. The molecular formula is C27H56O4. The van der Waals surface area contributed by atoms with Crippen LogP contribution in [0.4, 0.5) is 0 Å². The molecule has 0 saturated carbocycles. The molecule has 0 radical (unpaired) electrons. The summed E-state index contributed by atoms with van der Waals surface area (Å²) in [5, 5.41) is 0. The van der Waals surface area contributed by atoms with Gasteiger partial charge in [0.15, 0.2) is 0 Å². The molecule has 2 unspecified atom stereocenters. The number of ether oxygens (including phenoxy) is 4. The standard InChI is InChI=1S/C27H56O4/c1-5-7-8-9-10-11-12-13-14-15-16-17-18-19-20-29-22-24-31-27(6-2)25-26(3)30-23-21-28-4/h26-27H,5-25H2,1-4H3. The molecular weight excluding hydrogens is 388 g/mol. The largest absolute Gasteiger partial charge is 0.382 e. The Labute approximate surface area is 195 Å². The van der Waals surface area contributed by atoms with Crippen LogP contribution in [0.25, 0.3) is 0 Å². The maximum atomic E-state index is 5.96. The van der Waals surface area contributed by atoms with Crippen LogP contribution < -0.4 is 0 Å². The Morgan fingerprint density at radius 3 is 1.58 bits per heavy atom. The van der Waals surface area contributed by atoms with E-state index in [4.69, 9.17) is 18.9 Å². The molecule has 0 aliphatic carbocycles.